The van der Waals surface area contributed by atoms with E-state index in [9.17, 15) is 0 Å². The van der Waals surface area contributed by atoms with Gasteiger partial charge in [-0.1, -0.05) is 6.07 Å². The molecule has 2 N–H and O–H groups in total. The zero-order valence-corrected chi connectivity index (χ0v) is 11.0. The van der Waals surface area contributed by atoms with Crippen molar-refractivity contribution in [1.29, 1.82) is 0 Å². The Morgan fingerprint density at radius 3 is 2.74 bits per heavy atom. The third-order valence-corrected chi connectivity index (χ3v) is 3.09. The number of anilines is 1. The highest BCUT2D eigenvalue weighted by Crippen LogP contribution is 2.20. The number of rotatable bonds is 2. The highest BCUT2D eigenvalue weighted by molar-refractivity contribution is 5.79. The van der Waals surface area contributed by atoms with Crippen molar-refractivity contribution in [2.24, 2.45) is 0 Å². The van der Waals surface area contributed by atoms with Gasteiger partial charge < -0.3 is 10.3 Å². The van der Waals surface area contributed by atoms with E-state index in [4.69, 9.17) is 5.73 Å². The quantitative estimate of drug-likeness (QED) is 0.759. The lowest BCUT2D eigenvalue weighted by molar-refractivity contribution is 0.798. The van der Waals surface area contributed by atoms with Gasteiger partial charge in [-0.3, -0.25) is 9.97 Å². The first-order valence-electron chi connectivity index (χ1n) is 6.13. The predicted molar refractivity (Wildman–Crippen MR) is 74.8 cm³/mol. The normalized spacial score (nSPS) is 11.1. The molecule has 19 heavy (non-hydrogen) atoms. The summed E-state index contributed by atoms with van der Waals surface area (Å²) in [5.74, 6) is 0.503. The van der Waals surface area contributed by atoms with Crippen LogP contribution in [0.5, 0.6) is 0 Å². The minimum Gasteiger partial charge on any atom is -0.369 e. The summed E-state index contributed by atoms with van der Waals surface area (Å²) in [5, 5.41) is 0. The molecule has 96 valence electrons. The van der Waals surface area contributed by atoms with Crippen molar-refractivity contribution in [3.05, 3.63) is 47.5 Å². The molecule has 0 amide bonds. The number of benzene rings is 1. The van der Waals surface area contributed by atoms with Crippen LogP contribution in [0.25, 0.3) is 11.0 Å². The fraction of sp³-hybridized carbons (Fsp3) is 0.214. The van der Waals surface area contributed by atoms with E-state index < -0.39 is 0 Å². The largest absolute Gasteiger partial charge is 0.369 e. The van der Waals surface area contributed by atoms with Crippen LogP contribution in [-0.2, 0) is 6.54 Å². The Bertz CT molecular complexity index is 727. The average molecular weight is 253 g/mol. The molecule has 0 radical (unpaired) electrons. The van der Waals surface area contributed by atoms with Gasteiger partial charge in [0, 0.05) is 6.20 Å². The lowest BCUT2D eigenvalue weighted by Gasteiger charge is -2.06. The summed E-state index contributed by atoms with van der Waals surface area (Å²) in [7, 11) is 0. The first-order chi connectivity index (χ1) is 9.13. The van der Waals surface area contributed by atoms with E-state index in [1.807, 2.05) is 23.6 Å². The monoisotopic (exact) mass is 253 g/mol. The number of imidazole rings is 1. The summed E-state index contributed by atoms with van der Waals surface area (Å²) < 4.78 is 1.96. The van der Waals surface area contributed by atoms with Crippen molar-refractivity contribution in [2.45, 2.75) is 20.4 Å². The average Bonchev–Trinajstić information content (AvgIpc) is 2.69. The number of hydrogen-bond donors (Lipinski definition) is 1. The first kappa shape index (κ1) is 11.6. The van der Waals surface area contributed by atoms with E-state index in [1.54, 1.807) is 12.4 Å². The van der Waals surface area contributed by atoms with Crippen molar-refractivity contribution in [2.75, 3.05) is 5.73 Å². The Kier molecular flexibility index (Phi) is 2.67. The third kappa shape index (κ3) is 2.14. The Labute approximate surface area is 111 Å². The van der Waals surface area contributed by atoms with Crippen LogP contribution in [-0.4, -0.2) is 19.5 Å². The number of nitrogens with zero attached hydrogens (tertiary/aromatic N) is 4. The second kappa shape index (κ2) is 4.35. The van der Waals surface area contributed by atoms with Gasteiger partial charge in [-0.25, -0.2) is 4.98 Å². The molecule has 0 saturated carbocycles. The molecule has 5 heteroatoms. The molecule has 3 aromatic rings. The zero-order chi connectivity index (χ0) is 13.4. The van der Waals surface area contributed by atoms with Crippen molar-refractivity contribution in [3.63, 3.8) is 0 Å². The Morgan fingerprint density at radius 1 is 1.16 bits per heavy atom. The number of aryl methyl sites for hydroxylation is 2. The van der Waals surface area contributed by atoms with Crippen LogP contribution in [0.1, 0.15) is 17.0 Å². The molecule has 0 bridgehead atoms. The smallest absolute Gasteiger partial charge is 0.201 e. The number of fused-ring (bicyclic) bond motifs is 1. The second-order valence-corrected chi connectivity index (χ2v) is 4.70. The van der Waals surface area contributed by atoms with Gasteiger partial charge >= 0.3 is 0 Å². The SMILES string of the molecule is Cc1ccc2nc(N)n(Cc3cnc(C)cn3)c2c1. The maximum atomic E-state index is 5.98. The second-order valence-electron chi connectivity index (χ2n) is 4.70. The summed E-state index contributed by atoms with van der Waals surface area (Å²) in [4.78, 5) is 13.0. The molecule has 0 aliphatic carbocycles. The topological polar surface area (TPSA) is 69.6 Å². The highest BCUT2D eigenvalue weighted by atomic mass is 15.2. The van der Waals surface area contributed by atoms with Crippen LogP contribution in [0.15, 0.2) is 30.6 Å². The maximum absolute atomic E-state index is 5.98. The lowest BCUT2D eigenvalue weighted by atomic mass is 10.2. The Morgan fingerprint density at radius 2 is 2.00 bits per heavy atom. The van der Waals surface area contributed by atoms with Crippen LogP contribution < -0.4 is 5.73 Å². The minimum absolute atomic E-state index is 0.503. The highest BCUT2D eigenvalue weighted by Gasteiger charge is 2.09. The maximum Gasteiger partial charge on any atom is 0.201 e. The number of hydrogen-bond acceptors (Lipinski definition) is 4. The Balaban J connectivity index is 2.06. The zero-order valence-electron chi connectivity index (χ0n) is 11.0. The molecule has 0 spiro atoms. The van der Waals surface area contributed by atoms with Gasteiger partial charge in [0.05, 0.1) is 35.2 Å². The van der Waals surface area contributed by atoms with E-state index in [-0.39, 0.29) is 0 Å². The summed E-state index contributed by atoms with van der Waals surface area (Å²) in [6.07, 6.45) is 3.53. The van der Waals surface area contributed by atoms with Crippen LogP contribution in [0.2, 0.25) is 0 Å². The van der Waals surface area contributed by atoms with E-state index in [1.165, 1.54) is 5.56 Å². The molecule has 0 saturated heterocycles. The molecule has 0 unspecified atom stereocenters. The fourth-order valence-electron chi connectivity index (χ4n) is 2.08. The summed E-state index contributed by atoms with van der Waals surface area (Å²) in [6.45, 7) is 4.55. The van der Waals surface area contributed by atoms with E-state index in [2.05, 4.69) is 27.9 Å². The van der Waals surface area contributed by atoms with Crippen LogP contribution in [0.4, 0.5) is 5.95 Å². The number of aromatic nitrogens is 4. The number of nitrogens with two attached hydrogens (primary N) is 1. The summed E-state index contributed by atoms with van der Waals surface area (Å²) in [5.41, 5.74) is 10.9. The molecule has 3 rings (SSSR count). The van der Waals surface area contributed by atoms with Gasteiger partial charge in [0.2, 0.25) is 5.95 Å². The molecule has 5 nitrogen and oxygen atoms in total. The molecule has 0 fully saturated rings. The lowest BCUT2D eigenvalue weighted by Crippen LogP contribution is -2.06. The van der Waals surface area contributed by atoms with Crippen LogP contribution >= 0.6 is 0 Å². The van der Waals surface area contributed by atoms with Crippen molar-refractivity contribution < 1.29 is 0 Å². The van der Waals surface area contributed by atoms with Crippen LogP contribution in [0.3, 0.4) is 0 Å². The summed E-state index contributed by atoms with van der Waals surface area (Å²) >= 11 is 0. The number of nitrogen functional groups attached to an aromatic ring is 1. The molecule has 0 aliphatic rings. The molecule has 0 atom stereocenters. The molecule has 1 aromatic carbocycles. The molecule has 0 aliphatic heterocycles. The predicted octanol–water partition coefficient (Wildman–Crippen LogP) is 2.07. The van der Waals surface area contributed by atoms with Crippen molar-refractivity contribution in [1.82, 2.24) is 19.5 Å². The molecular formula is C14H15N5. The van der Waals surface area contributed by atoms with Crippen LogP contribution in [0, 0.1) is 13.8 Å². The van der Waals surface area contributed by atoms with Gasteiger partial charge in [0.15, 0.2) is 0 Å². The van der Waals surface area contributed by atoms with Gasteiger partial charge in [-0.15, -0.1) is 0 Å². The minimum atomic E-state index is 0.503. The van der Waals surface area contributed by atoms with Crippen molar-refractivity contribution in [3.8, 4) is 0 Å². The first-order valence-corrected chi connectivity index (χ1v) is 6.13. The molecule has 2 aromatic heterocycles. The van der Waals surface area contributed by atoms with E-state index >= 15 is 0 Å². The fourth-order valence-corrected chi connectivity index (χ4v) is 2.08. The summed E-state index contributed by atoms with van der Waals surface area (Å²) in [6, 6.07) is 6.10. The molecule has 2 heterocycles. The van der Waals surface area contributed by atoms with Gasteiger partial charge in [0.25, 0.3) is 0 Å². The van der Waals surface area contributed by atoms with Gasteiger partial charge in [0.1, 0.15) is 0 Å². The van der Waals surface area contributed by atoms with E-state index in [0.717, 1.165) is 22.4 Å². The third-order valence-electron chi connectivity index (χ3n) is 3.09. The van der Waals surface area contributed by atoms with E-state index in [0.29, 0.717) is 12.5 Å². The van der Waals surface area contributed by atoms with Gasteiger partial charge in [-0.05, 0) is 31.5 Å². The standard InChI is InChI=1S/C14H15N5/c1-9-3-4-12-13(5-9)19(14(15)18-12)8-11-7-16-10(2)6-17-11/h3-7H,8H2,1-2H3,(H2,15,18). The van der Waals surface area contributed by atoms with Gasteiger partial charge in [-0.2, -0.15) is 0 Å². The molecular weight excluding hydrogens is 238 g/mol. The Hall–Kier alpha value is -2.43. The van der Waals surface area contributed by atoms with Crippen molar-refractivity contribution >= 4 is 17.0 Å².